The van der Waals surface area contributed by atoms with Crippen molar-refractivity contribution in [2.75, 3.05) is 43.5 Å². The summed E-state index contributed by atoms with van der Waals surface area (Å²) in [6, 6.07) is 13.7. The van der Waals surface area contributed by atoms with Crippen LogP contribution in [0.3, 0.4) is 0 Å². The molecule has 2 aromatic rings. The molecule has 2 aromatic carbocycles. The SMILES string of the molecule is O=C(CCCOc1ccc2c(c1)CCC(=O)N2)Nc1cccc(CN2CCOCC2)c1. The highest BCUT2D eigenvalue weighted by atomic mass is 16.5. The first-order chi connectivity index (χ1) is 15.2. The van der Waals surface area contributed by atoms with Gasteiger partial charge in [-0.05, 0) is 54.3 Å². The summed E-state index contributed by atoms with van der Waals surface area (Å²) >= 11 is 0. The zero-order valence-corrected chi connectivity index (χ0v) is 17.7. The van der Waals surface area contributed by atoms with Crippen LogP contribution in [0.2, 0.25) is 0 Å². The van der Waals surface area contributed by atoms with Crippen LogP contribution in [0.25, 0.3) is 0 Å². The third-order valence-corrected chi connectivity index (χ3v) is 5.51. The smallest absolute Gasteiger partial charge is 0.224 e. The lowest BCUT2D eigenvalue weighted by Gasteiger charge is -2.26. The second-order valence-corrected chi connectivity index (χ2v) is 7.96. The fraction of sp³-hybridized carbons (Fsp3) is 0.417. The Balaban J connectivity index is 1.19. The Kier molecular flexibility index (Phi) is 7.17. The number of hydrogen-bond acceptors (Lipinski definition) is 5. The molecule has 0 aliphatic carbocycles. The first-order valence-electron chi connectivity index (χ1n) is 10.9. The minimum Gasteiger partial charge on any atom is -0.494 e. The van der Waals surface area contributed by atoms with E-state index in [-0.39, 0.29) is 11.8 Å². The van der Waals surface area contributed by atoms with Crippen molar-refractivity contribution in [3.8, 4) is 5.75 Å². The molecule has 31 heavy (non-hydrogen) atoms. The normalized spacial score (nSPS) is 16.3. The minimum absolute atomic E-state index is 0.0136. The van der Waals surface area contributed by atoms with Gasteiger partial charge in [-0.1, -0.05) is 12.1 Å². The number of morpholine rings is 1. The molecule has 2 amide bonds. The van der Waals surface area contributed by atoms with E-state index in [4.69, 9.17) is 9.47 Å². The summed E-state index contributed by atoms with van der Waals surface area (Å²) in [5, 5.41) is 5.85. The van der Waals surface area contributed by atoms with Crippen molar-refractivity contribution in [1.29, 1.82) is 0 Å². The number of rotatable bonds is 8. The number of aryl methyl sites for hydroxylation is 1. The van der Waals surface area contributed by atoms with Crippen LogP contribution in [0.15, 0.2) is 42.5 Å². The van der Waals surface area contributed by atoms with E-state index in [9.17, 15) is 9.59 Å². The zero-order valence-electron chi connectivity index (χ0n) is 17.7. The van der Waals surface area contributed by atoms with Crippen LogP contribution in [-0.2, 0) is 27.3 Å². The number of ether oxygens (including phenoxy) is 2. The van der Waals surface area contributed by atoms with Gasteiger partial charge in [0.15, 0.2) is 0 Å². The van der Waals surface area contributed by atoms with Crippen molar-refractivity contribution in [3.63, 3.8) is 0 Å². The number of carbonyl (C=O) groups is 2. The number of anilines is 2. The number of nitrogens with one attached hydrogen (secondary N) is 2. The molecule has 2 N–H and O–H groups in total. The predicted octanol–water partition coefficient (Wildman–Crippen LogP) is 3.20. The summed E-state index contributed by atoms with van der Waals surface area (Å²) < 4.78 is 11.2. The van der Waals surface area contributed by atoms with Crippen LogP contribution in [0.4, 0.5) is 11.4 Å². The maximum atomic E-state index is 12.3. The van der Waals surface area contributed by atoms with Gasteiger partial charge in [-0.2, -0.15) is 0 Å². The van der Waals surface area contributed by atoms with Crippen LogP contribution >= 0.6 is 0 Å². The summed E-state index contributed by atoms with van der Waals surface area (Å²) in [5.74, 6) is 0.810. The molecule has 0 bridgehead atoms. The van der Waals surface area contributed by atoms with E-state index in [1.807, 2.05) is 36.4 Å². The molecular weight excluding hydrogens is 394 g/mol. The van der Waals surface area contributed by atoms with Crippen molar-refractivity contribution in [2.24, 2.45) is 0 Å². The topological polar surface area (TPSA) is 79.9 Å². The maximum Gasteiger partial charge on any atom is 0.224 e. The van der Waals surface area contributed by atoms with E-state index < -0.39 is 0 Å². The molecule has 1 fully saturated rings. The molecule has 0 radical (unpaired) electrons. The predicted molar refractivity (Wildman–Crippen MR) is 119 cm³/mol. The van der Waals surface area contributed by atoms with E-state index in [0.29, 0.717) is 25.9 Å². The van der Waals surface area contributed by atoms with Crippen LogP contribution < -0.4 is 15.4 Å². The Labute approximate surface area is 182 Å². The van der Waals surface area contributed by atoms with Crippen LogP contribution in [0.1, 0.15) is 30.4 Å². The first kappa shape index (κ1) is 21.3. The second-order valence-electron chi connectivity index (χ2n) is 7.96. The van der Waals surface area contributed by atoms with Gasteiger partial charge >= 0.3 is 0 Å². The monoisotopic (exact) mass is 423 g/mol. The maximum absolute atomic E-state index is 12.3. The molecule has 1 saturated heterocycles. The summed E-state index contributed by atoms with van der Waals surface area (Å²) in [6.07, 6.45) is 2.26. The Bertz CT molecular complexity index is 925. The fourth-order valence-corrected chi connectivity index (χ4v) is 3.86. The van der Waals surface area contributed by atoms with Gasteiger partial charge in [-0.3, -0.25) is 14.5 Å². The van der Waals surface area contributed by atoms with Gasteiger partial charge in [0.05, 0.1) is 19.8 Å². The third-order valence-electron chi connectivity index (χ3n) is 5.51. The van der Waals surface area contributed by atoms with Crippen LogP contribution in [0, 0.1) is 0 Å². The van der Waals surface area contributed by atoms with Gasteiger partial charge in [0.1, 0.15) is 5.75 Å². The van der Waals surface area contributed by atoms with Crippen LogP contribution in [-0.4, -0.2) is 49.6 Å². The summed E-state index contributed by atoms with van der Waals surface area (Å²) in [6.45, 7) is 4.77. The quantitative estimate of drug-likeness (QED) is 0.638. The highest BCUT2D eigenvalue weighted by Crippen LogP contribution is 2.26. The number of benzene rings is 2. The summed E-state index contributed by atoms with van der Waals surface area (Å²) in [5.41, 5.74) is 3.96. The van der Waals surface area contributed by atoms with Gasteiger partial charge in [0.2, 0.25) is 11.8 Å². The zero-order chi connectivity index (χ0) is 21.5. The molecule has 0 aromatic heterocycles. The molecule has 2 aliphatic rings. The number of carbonyl (C=O) groups excluding carboxylic acids is 2. The lowest BCUT2D eigenvalue weighted by molar-refractivity contribution is -0.117. The number of amides is 2. The van der Waals surface area contributed by atoms with E-state index >= 15 is 0 Å². The number of nitrogens with zero attached hydrogens (tertiary/aromatic N) is 1. The van der Waals surface area contributed by atoms with Gasteiger partial charge < -0.3 is 20.1 Å². The lowest BCUT2D eigenvalue weighted by Crippen LogP contribution is -2.35. The highest BCUT2D eigenvalue weighted by Gasteiger charge is 2.15. The molecule has 7 nitrogen and oxygen atoms in total. The molecule has 0 unspecified atom stereocenters. The Hall–Kier alpha value is -2.90. The van der Waals surface area contributed by atoms with E-state index in [1.165, 1.54) is 5.56 Å². The number of hydrogen-bond donors (Lipinski definition) is 2. The Morgan fingerprint density at radius 1 is 1.13 bits per heavy atom. The van der Waals surface area contributed by atoms with Crippen molar-refractivity contribution >= 4 is 23.2 Å². The molecule has 0 spiro atoms. The first-order valence-corrected chi connectivity index (χ1v) is 10.9. The molecule has 2 heterocycles. The third kappa shape index (κ3) is 6.29. The fourth-order valence-electron chi connectivity index (χ4n) is 3.86. The Morgan fingerprint density at radius 2 is 2.00 bits per heavy atom. The summed E-state index contributed by atoms with van der Waals surface area (Å²) in [4.78, 5) is 26.1. The second kappa shape index (κ2) is 10.4. The van der Waals surface area contributed by atoms with Gasteiger partial charge in [-0.15, -0.1) is 0 Å². The van der Waals surface area contributed by atoms with Crippen molar-refractivity contribution in [2.45, 2.75) is 32.2 Å². The molecule has 2 aliphatic heterocycles. The van der Waals surface area contributed by atoms with Crippen LogP contribution in [0.5, 0.6) is 5.75 Å². The molecular formula is C24H29N3O4. The minimum atomic E-state index is -0.0136. The summed E-state index contributed by atoms with van der Waals surface area (Å²) in [7, 11) is 0. The largest absolute Gasteiger partial charge is 0.494 e. The molecule has 7 heteroatoms. The average molecular weight is 424 g/mol. The van der Waals surface area contributed by atoms with Gasteiger partial charge in [-0.25, -0.2) is 0 Å². The molecule has 4 rings (SSSR count). The number of fused-ring (bicyclic) bond motifs is 1. The average Bonchev–Trinajstić information content (AvgIpc) is 2.78. The van der Waals surface area contributed by atoms with Gasteiger partial charge in [0, 0.05) is 43.9 Å². The highest BCUT2D eigenvalue weighted by molar-refractivity contribution is 5.94. The Morgan fingerprint density at radius 3 is 2.87 bits per heavy atom. The van der Waals surface area contributed by atoms with Gasteiger partial charge in [0.25, 0.3) is 0 Å². The lowest BCUT2D eigenvalue weighted by atomic mass is 10.0. The van der Waals surface area contributed by atoms with Crippen molar-refractivity contribution in [1.82, 2.24) is 4.90 Å². The van der Waals surface area contributed by atoms with Crippen molar-refractivity contribution in [3.05, 3.63) is 53.6 Å². The van der Waals surface area contributed by atoms with Crippen molar-refractivity contribution < 1.29 is 19.1 Å². The van der Waals surface area contributed by atoms with E-state index in [0.717, 1.165) is 62.0 Å². The van der Waals surface area contributed by atoms with E-state index in [2.05, 4.69) is 21.6 Å². The standard InChI is InChI=1S/C24H29N3O4/c28-23(25-20-4-1-3-18(15-20)17-27-10-13-30-14-11-27)5-2-12-31-21-7-8-22-19(16-21)6-9-24(29)26-22/h1,3-4,7-8,15-16H,2,5-6,9-14,17H2,(H,25,28)(H,26,29). The molecule has 0 atom stereocenters. The van der Waals surface area contributed by atoms with E-state index in [1.54, 1.807) is 0 Å². The molecule has 0 saturated carbocycles. The molecule has 164 valence electrons.